The van der Waals surface area contributed by atoms with Crippen LogP contribution in [0.5, 0.6) is 5.88 Å². The molecule has 0 bridgehead atoms. The van der Waals surface area contributed by atoms with Crippen LogP contribution in [-0.4, -0.2) is 40.9 Å². The predicted octanol–water partition coefficient (Wildman–Crippen LogP) is 6.14. The molecule has 192 valence electrons. The van der Waals surface area contributed by atoms with Gasteiger partial charge in [-0.2, -0.15) is 0 Å². The van der Waals surface area contributed by atoms with Gasteiger partial charge in [0.05, 0.1) is 64.6 Å². The average molecular weight is 506 g/mol. The van der Waals surface area contributed by atoms with Crippen LogP contribution in [-0.2, 0) is 4.74 Å². The molecule has 2 aliphatic carbocycles. The largest absolute Gasteiger partial charge is 0.481 e. The first kappa shape index (κ1) is 24.1. The van der Waals surface area contributed by atoms with Crippen molar-refractivity contribution < 1.29 is 9.47 Å². The third kappa shape index (κ3) is 4.85. The Morgan fingerprint density at radius 3 is 2.42 bits per heavy atom. The number of nitrogens with zero attached hydrogens (tertiary/aromatic N) is 4. The van der Waals surface area contributed by atoms with Gasteiger partial charge >= 0.3 is 0 Å². The van der Waals surface area contributed by atoms with Crippen LogP contribution < -0.4 is 15.4 Å². The lowest BCUT2D eigenvalue weighted by Gasteiger charge is -2.25. The van der Waals surface area contributed by atoms with E-state index in [-0.39, 0.29) is 6.04 Å². The Hall–Kier alpha value is -4.23. The van der Waals surface area contributed by atoms with Crippen LogP contribution in [0.3, 0.4) is 0 Å². The smallest absolute Gasteiger partial charge is 0.213 e. The van der Waals surface area contributed by atoms with E-state index in [1.54, 1.807) is 20.4 Å². The van der Waals surface area contributed by atoms with E-state index in [2.05, 4.69) is 69.5 Å². The zero-order valence-corrected chi connectivity index (χ0v) is 21.7. The van der Waals surface area contributed by atoms with Gasteiger partial charge in [0.25, 0.3) is 0 Å². The van der Waals surface area contributed by atoms with E-state index in [1.807, 2.05) is 24.3 Å². The molecule has 2 aromatic carbocycles. The van der Waals surface area contributed by atoms with Gasteiger partial charge in [0.15, 0.2) is 0 Å². The molecular formula is C31H31N5O2. The monoisotopic (exact) mass is 505 g/mol. The molecule has 0 amide bonds. The Morgan fingerprint density at radius 2 is 1.68 bits per heavy atom. The van der Waals surface area contributed by atoms with Crippen molar-refractivity contribution >= 4 is 22.4 Å². The van der Waals surface area contributed by atoms with Crippen molar-refractivity contribution in [3.8, 4) is 23.0 Å². The maximum Gasteiger partial charge on any atom is 0.213 e. The number of nitrogens with one attached hydrogen (secondary N) is 1. The van der Waals surface area contributed by atoms with E-state index in [9.17, 15) is 0 Å². The van der Waals surface area contributed by atoms with Gasteiger partial charge in [-0.3, -0.25) is 4.99 Å². The van der Waals surface area contributed by atoms with Crippen LogP contribution in [0.2, 0.25) is 0 Å². The number of anilines is 2. The second kappa shape index (κ2) is 10.6. The number of para-hydroxylation sites is 3. The van der Waals surface area contributed by atoms with Crippen molar-refractivity contribution in [2.45, 2.75) is 37.8 Å². The van der Waals surface area contributed by atoms with Crippen molar-refractivity contribution in [2.75, 3.05) is 19.5 Å². The van der Waals surface area contributed by atoms with Crippen LogP contribution in [0.1, 0.15) is 25.7 Å². The summed E-state index contributed by atoms with van der Waals surface area (Å²) < 4.78 is 13.1. The molecule has 38 heavy (non-hydrogen) atoms. The lowest BCUT2D eigenvalue weighted by molar-refractivity contribution is 0.0663. The first-order chi connectivity index (χ1) is 18.7. The number of rotatable bonds is 6. The number of aromatic nitrogens is 3. The van der Waals surface area contributed by atoms with Gasteiger partial charge in [-0.05, 0) is 68.1 Å². The highest BCUT2D eigenvalue weighted by Crippen LogP contribution is 2.31. The van der Waals surface area contributed by atoms with E-state index < -0.39 is 0 Å². The molecule has 7 nitrogen and oxygen atoms in total. The van der Waals surface area contributed by atoms with Gasteiger partial charge in [0.2, 0.25) is 5.88 Å². The maximum atomic E-state index is 5.59. The van der Waals surface area contributed by atoms with E-state index in [0.29, 0.717) is 12.0 Å². The number of benzene rings is 3. The molecule has 0 radical (unpaired) electrons. The first-order valence-electron chi connectivity index (χ1n) is 13.1. The molecule has 0 spiro atoms. The van der Waals surface area contributed by atoms with Crippen LogP contribution in [0.4, 0.5) is 11.4 Å². The van der Waals surface area contributed by atoms with Crippen LogP contribution in [0.25, 0.3) is 28.1 Å². The molecule has 3 aromatic rings. The van der Waals surface area contributed by atoms with Crippen LogP contribution in [0, 0.1) is 0 Å². The third-order valence-electron chi connectivity index (χ3n) is 7.23. The van der Waals surface area contributed by atoms with Crippen molar-refractivity contribution in [2.24, 2.45) is 4.99 Å². The minimum absolute atomic E-state index is 0.243. The molecule has 2 heterocycles. The number of fused-ring (bicyclic) bond motifs is 2. The number of pyridine rings is 1. The Labute approximate surface area is 222 Å². The molecule has 3 aliphatic rings. The topological polar surface area (TPSA) is 73.6 Å². The Kier molecular flexibility index (Phi) is 6.75. The molecule has 1 saturated carbocycles. The maximum absolute atomic E-state index is 5.59. The fraction of sp³-hybridized carbons (Fsp3) is 0.258. The van der Waals surface area contributed by atoms with Crippen LogP contribution in [0.15, 0.2) is 90.1 Å². The Morgan fingerprint density at radius 1 is 0.895 bits per heavy atom. The molecule has 1 N–H and O–H groups in total. The molecule has 1 fully saturated rings. The van der Waals surface area contributed by atoms with Gasteiger partial charge < -0.3 is 19.4 Å². The van der Waals surface area contributed by atoms with Crippen molar-refractivity contribution in [3.63, 3.8) is 0 Å². The molecular weight excluding hydrogens is 474 g/mol. The molecule has 1 aliphatic heterocycles. The predicted molar refractivity (Wildman–Crippen MR) is 150 cm³/mol. The summed E-state index contributed by atoms with van der Waals surface area (Å²) in [5.74, 6) is 0.575. The van der Waals surface area contributed by atoms with Gasteiger partial charge in [0, 0.05) is 18.9 Å². The molecule has 0 saturated heterocycles. The van der Waals surface area contributed by atoms with Gasteiger partial charge in [-0.25, -0.2) is 9.97 Å². The fourth-order valence-corrected chi connectivity index (χ4v) is 5.24. The van der Waals surface area contributed by atoms with Gasteiger partial charge in [-0.15, -0.1) is 0 Å². The van der Waals surface area contributed by atoms with Crippen LogP contribution >= 0.6 is 0 Å². The normalized spacial score (nSPS) is 18.1. The summed E-state index contributed by atoms with van der Waals surface area (Å²) in [5.41, 5.74) is 6.74. The van der Waals surface area contributed by atoms with Gasteiger partial charge in [-0.1, -0.05) is 30.3 Å². The molecule has 7 heteroatoms. The highest BCUT2D eigenvalue weighted by molar-refractivity contribution is 5.84. The Balaban J connectivity index is 1.55. The summed E-state index contributed by atoms with van der Waals surface area (Å²) in [4.78, 5) is 14.7. The highest BCUT2D eigenvalue weighted by atomic mass is 16.5. The van der Waals surface area contributed by atoms with E-state index in [0.717, 1.165) is 70.5 Å². The molecule has 0 unspecified atom stereocenters. The number of ether oxygens (including phenoxy) is 2. The number of hydrogen-bond donors (Lipinski definition) is 1. The third-order valence-corrected chi connectivity index (χ3v) is 7.23. The minimum atomic E-state index is 0.243. The van der Waals surface area contributed by atoms with Crippen molar-refractivity contribution in [1.82, 2.24) is 14.5 Å². The van der Waals surface area contributed by atoms with E-state index in [4.69, 9.17) is 19.5 Å². The number of methoxy groups -OCH3 is 2. The summed E-state index contributed by atoms with van der Waals surface area (Å²) in [6.45, 7) is 0. The SMILES string of the molecule is COc1ccc(Nc2cc3nc4ccccc4n(-c4ccccc4)c-3c/c2=N\C2CCC(OC)CC2)cn1. The number of hydrogen-bond acceptors (Lipinski definition) is 6. The lowest BCUT2D eigenvalue weighted by Crippen LogP contribution is -2.25. The molecule has 1 aromatic heterocycles. The fourth-order valence-electron chi connectivity index (χ4n) is 5.24. The van der Waals surface area contributed by atoms with Crippen molar-refractivity contribution in [1.29, 1.82) is 0 Å². The second-order valence-corrected chi connectivity index (χ2v) is 9.64. The van der Waals surface area contributed by atoms with Gasteiger partial charge in [0.1, 0.15) is 0 Å². The second-order valence-electron chi connectivity index (χ2n) is 9.64. The first-order valence-corrected chi connectivity index (χ1v) is 13.1. The van der Waals surface area contributed by atoms with Crippen molar-refractivity contribution in [3.05, 3.63) is 90.4 Å². The quantitative estimate of drug-likeness (QED) is 0.281. The summed E-state index contributed by atoms with van der Waals surface area (Å²) in [6, 6.07) is 27.0. The molecule has 6 rings (SSSR count). The van der Waals surface area contributed by atoms with E-state index in [1.165, 1.54) is 0 Å². The highest BCUT2D eigenvalue weighted by Gasteiger charge is 2.21. The summed E-state index contributed by atoms with van der Waals surface area (Å²) in [5, 5.41) is 4.46. The minimum Gasteiger partial charge on any atom is -0.481 e. The standard InChI is InChI=1S/C31H31N5O2/c1-37-24-15-12-21(13-16-24)33-27-19-30-28(18-26(27)34-22-14-17-31(38-2)32-20-22)35-25-10-6-7-11-29(25)36(30)23-8-4-3-5-9-23/h3-11,14,17-21,24,34H,12-13,15-16H2,1-2H3/b33-27+. The zero-order chi connectivity index (χ0) is 25.9. The summed E-state index contributed by atoms with van der Waals surface area (Å²) in [7, 11) is 3.42. The Bertz CT molecular complexity index is 1570. The van der Waals surface area contributed by atoms with E-state index >= 15 is 0 Å². The zero-order valence-electron chi connectivity index (χ0n) is 21.7. The summed E-state index contributed by atoms with van der Waals surface area (Å²) in [6.07, 6.45) is 6.17. The average Bonchev–Trinajstić information content (AvgIpc) is 2.97. The summed E-state index contributed by atoms with van der Waals surface area (Å²) >= 11 is 0. The molecule has 0 atom stereocenters. The lowest BCUT2D eigenvalue weighted by atomic mass is 9.93.